The Morgan fingerprint density at radius 1 is 1.25 bits per heavy atom. The number of carboxylic acid groups (broad SMARTS) is 1. The summed E-state index contributed by atoms with van der Waals surface area (Å²) >= 11 is 0. The number of aromatic carboxylic acids is 1. The number of aliphatic hydroxyl groups is 2. The lowest BCUT2D eigenvalue weighted by molar-refractivity contribution is -0.132. The van der Waals surface area contributed by atoms with Gasteiger partial charge in [-0.05, 0) is 18.2 Å². The highest BCUT2D eigenvalue weighted by molar-refractivity contribution is 5.88. The van der Waals surface area contributed by atoms with E-state index in [0.29, 0.717) is 0 Å². The van der Waals surface area contributed by atoms with Crippen LogP contribution in [-0.4, -0.2) is 64.0 Å². The van der Waals surface area contributed by atoms with Gasteiger partial charge in [0.05, 0.1) is 17.8 Å². The lowest BCUT2D eigenvalue weighted by atomic mass is 10.2. The molecule has 1 aliphatic heterocycles. The Morgan fingerprint density at radius 3 is 2.50 bits per heavy atom. The molecule has 2 rings (SSSR count). The molecule has 7 heteroatoms. The van der Waals surface area contributed by atoms with Crippen LogP contribution in [0.4, 0.5) is 0 Å². The summed E-state index contributed by atoms with van der Waals surface area (Å²) in [5.41, 5.74) is 0.0713. The van der Waals surface area contributed by atoms with Gasteiger partial charge in [-0.3, -0.25) is 4.79 Å². The molecule has 2 unspecified atom stereocenters. The third kappa shape index (κ3) is 3.25. The van der Waals surface area contributed by atoms with Gasteiger partial charge < -0.3 is 25.0 Å². The van der Waals surface area contributed by atoms with Crippen LogP contribution in [0.3, 0.4) is 0 Å². The smallest absolute Gasteiger partial charge is 0.335 e. The van der Waals surface area contributed by atoms with Crippen LogP contribution in [0.5, 0.6) is 5.75 Å². The van der Waals surface area contributed by atoms with Gasteiger partial charge in [-0.2, -0.15) is 0 Å². The standard InChI is InChI=1S/C13H15NO6/c15-10-5-14(6-11(10)16)12(17)7-20-9-3-1-2-8(4-9)13(18)19/h1-4,10-11,15-16H,5-7H2,(H,18,19). The number of carboxylic acids is 1. The molecule has 0 saturated carbocycles. The summed E-state index contributed by atoms with van der Waals surface area (Å²) in [6.07, 6.45) is -1.87. The molecule has 0 aliphatic carbocycles. The van der Waals surface area contributed by atoms with Crippen molar-refractivity contribution >= 4 is 11.9 Å². The average molecular weight is 281 g/mol. The number of β-amino-alcohol motifs (C(OH)–C–C–N with tert-alkyl or cyclic N) is 2. The summed E-state index contributed by atoms with van der Waals surface area (Å²) in [6.45, 7) is -0.139. The van der Waals surface area contributed by atoms with Gasteiger partial charge in [0.2, 0.25) is 0 Å². The Hall–Kier alpha value is -2.12. The Morgan fingerprint density at radius 2 is 1.90 bits per heavy atom. The number of nitrogens with zero attached hydrogens (tertiary/aromatic N) is 1. The SMILES string of the molecule is O=C(O)c1cccc(OCC(=O)N2CC(O)C(O)C2)c1. The van der Waals surface area contributed by atoms with Gasteiger partial charge in [-0.25, -0.2) is 4.79 Å². The molecule has 0 radical (unpaired) electrons. The number of likely N-dealkylation sites (tertiary alicyclic amines) is 1. The lowest BCUT2D eigenvalue weighted by Gasteiger charge is -2.15. The number of rotatable bonds is 4. The van der Waals surface area contributed by atoms with E-state index in [1.165, 1.54) is 23.1 Å². The van der Waals surface area contributed by atoms with Crippen molar-refractivity contribution in [2.45, 2.75) is 12.2 Å². The van der Waals surface area contributed by atoms with Gasteiger partial charge in [0.15, 0.2) is 6.61 Å². The maximum atomic E-state index is 11.8. The molecule has 1 amide bonds. The largest absolute Gasteiger partial charge is 0.484 e. The van der Waals surface area contributed by atoms with Crippen LogP contribution < -0.4 is 4.74 Å². The van der Waals surface area contributed by atoms with E-state index in [4.69, 9.17) is 9.84 Å². The van der Waals surface area contributed by atoms with E-state index in [2.05, 4.69) is 0 Å². The van der Waals surface area contributed by atoms with Crippen molar-refractivity contribution < 1.29 is 29.6 Å². The first-order chi connectivity index (χ1) is 9.47. The molecular weight excluding hydrogens is 266 g/mol. The van der Waals surface area contributed by atoms with Crippen LogP contribution >= 0.6 is 0 Å². The van der Waals surface area contributed by atoms with E-state index in [9.17, 15) is 19.8 Å². The van der Waals surface area contributed by atoms with Crippen molar-refractivity contribution in [3.8, 4) is 5.75 Å². The number of benzene rings is 1. The Bertz CT molecular complexity index is 507. The number of amides is 1. The summed E-state index contributed by atoms with van der Waals surface area (Å²) < 4.78 is 5.22. The van der Waals surface area contributed by atoms with Gasteiger partial charge in [0, 0.05) is 13.1 Å². The van der Waals surface area contributed by atoms with Crippen LogP contribution in [-0.2, 0) is 4.79 Å². The zero-order valence-electron chi connectivity index (χ0n) is 10.6. The van der Waals surface area contributed by atoms with E-state index in [1.807, 2.05) is 0 Å². The second kappa shape index (κ2) is 5.89. The third-order valence-corrected chi connectivity index (χ3v) is 3.06. The molecule has 1 aromatic carbocycles. The maximum absolute atomic E-state index is 11.8. The first-order valence-corrected chi connectivity index (χ1v) is 6.07. The molecule has 2 atom stereocenters. The molecule has 1 heterocycles. The Kier molecular flexibility index (Phi) is 4.21. The Labute approximate surface area is 115 Å². The number of hydrogen-bond acceptors (Lipinski definition) is 5. The van der Waals surface area contributed by atoms with Crippen LogP contribution in [0.1, 0.15) is 10.4 Å². The number of carbonyl (C=O) groups is 2. The fourth-order valence-corrected chi connectivity index (χ4v) is 1.93. The second-order valence-corrected chi connectivity index (χ2v) is 4.56. The van der Waals surface area contributed by atoms with Gasteiger partial charge in [-0.15, -0.1) is 0 Å². The molecule has 1 fully saturated rings. The summed E-state index contributed by atoms with van der Waals surface area (Å²) in [4.78, 5) is 23.9. The molecule has 7 nitrogen and oxygen atoms in total. The highest BCUT2D eigenvalue weighted by Crippen LogP contribution is 2.14. The average Bonchev–Trinajstić information content (AvgIpc) is 2.76. The minimum Gasteiger partial charge on any atom is -0.484 e. The van der Waals surface area contributed by atoms with E-state index in [-0.39, 0.29) is 36.9 Å². The fraction of sp³-hybridized carbons (Fsp3) is 0.385. The van der Waals surface area contributed by atoms with Crippen molar-refractivity contribution in [1.82, 2.24) is 4.90 Å². The van der Waals surface area contributed by atoms with Gasteiger partial charge >= 0.3 is 5.97 Å². The number of ether oxygens (including phenoxy) is 1. The molecule has 0 bridgehead atoms. The molecule has 108 valence electrons. The normalized spacial score (nSPS) is 21.8. The number of aliphatic hydroxyl groups excluding tert-OH is 2. The third-order valence-electron chi connectivity index (χ3n) is 3.06. The molecule has 20 heavy (non-hydrogen) atoms. The van der Waals surface area contributed by atoms with Crippen LogP contribution in [0.25, 0.3) is 0 Å². The maximum Gasteiger partial charge on any atom is 0.335 e. The highest BCUT2D eigenvalue weighted by atomic mass is 16.5. The van der Waals surface area contributed by atoms with Crippen LogP contribution in [0, 0.1) is 0 Å². The monoisotopic (exact) mass is 281 g/mol. The second-order valence-electron chi connectivity index (χ2n) is 4.56. The molecule has 0 aromatic heterocycles. The molecular formula is C13H15NO6. The molecule has 1 aliphatic rings. The minimum absolute atomic E-state index is 0.0680. The van der Waals surface area contributed by atoms with Gasteiger partial charge in [0.25, 0.3) is 5.91 Å². The fourth-order valence-electron chi connectivity index (χ4n) is 1.93. The molecule has 3 N–H and O–H groups in total. The summed E-state index contributed by atoms with van der Waals surface area (Å²) in [5.74, 6) is -1.17. The van der Waals surface area contributed by atoms with E-state index in [1.54, 1.807) is 6.07 Å². The minimum atomic E-state index is -1.08. The van der Waals surface area contributed by atoms with Crippen LogP contribution in [0.2, 0.25) is 0 Å². The van der Waals surface area contributed by atoms with E-state index < -0.39 is 18.2 Å². The van der Waals surface area contributed by atoms with E-state index in [0.717, 1.165) is 0 Å². The zero-order valence-corrected chi connectivity index (χ0v) is 10.6. The summed E-state index contributed by atoms with van der Waals surface area (Å²) in [6, 6.07) is 5.81. The van der Waals surface area contributed by atoms with Gasteiger partial charge in [0.1, 0.15) is 5.75 Å². The first kappa shape index (κ1) is 14.3. The van der Waals surface area contributed by atoms with Crippen molar-refractivity contribution in [1.29, 1.82) is 0 Å². The predicted molar refractivity (Wildman–Crippen MR) is 67.5 cm³/mol. The quantitative estimate of drug-likeness (QED) is 0.675. The summed E-state index contributed by atoms with van der Waals surface area (Å²) in [7, 11) is 0. The van der Waals surface area contributed by atoms with E-state index >= 15 is 0 Å². The van der Waals surface area contributed by atoms with Crippen molar-refractivity contribution in [3.05, 3.63) is 29.8 Å². The highest BCUT2D eigenvalue weighted by Gasteiger charge is 2.32. The first-order valence-electron chi connectivity index (χ1n) is 6.07. The predicted octanol–water partition coefficient (Wildman–Crippen LogP) is -0.672. The molecule has 0 spiro atoms. The molecule has 1 saturated heterocycles. The summed E-state index contributed by atoms with van der Waals surface area (Å²) in [5, 5.41) is 27.5. The lowest BCUT2D eigenvalue weighted by Crippen LogP contribution is -2.33. The van der Waals surface area contributed by atoms with Crippen LogP contribution in [0.15, 0.2) is 24.3 Å². The van der Waals surface area contributed by atoms with Crippen molar-refractivity contribution in [2.24, 2.45) is 0 Å². The number of carbonyl (C=O) groups excluding carboxylic acids is 1. The van der Waals surface area contributed by atoms with Crippen molar-refractivity contribution in [3.63, 3.8) is 0 Å². The zero-order chi connectivity index (χ0) is 14.7. The Balaban J connectivity index is 1.90. The van der Waals surface area contributed by atoms with Gasteiger partial charge in [-0.1, -0.05) is 6.07 Å². The molecule has 1 aromatic rings. The number of hydrogen-bond donors (Lipinski definition) is 3. The van der Waals surface area contributed by atoms with Crippen molar-refractivity contribution in [2.75, 3.05) is 19.7 Å². The topological polar surface area (TPSA) is 107 Å².